The van der Waals surface area contributed by atoms with Gasteiger partial charge in [-0.25, -0.2) is 0 Å². The Bertz CT molecular complexity index is 618. The fourth-order valence-electron chi connectivity index (χ4n) is 2.86. The van der Waals surface area contributed by atoms with Gasteiger partial charge in [0.1, 0.15) is 0 Å². The molecule has 104 valence electrons. The second-order valence-corrected chi connectivity index (χ2v) is 6.31. The van der Waals surface area contributed by atoms with E-state index in [2.05, 4.69) is 36.5 Å². The second kappa shape index (κ2) is 5.67. The van der Waals surface area contributed by atoms with Gasteiger partial charge in [-0.1, -0.05) is 47.5 Å². The minimum atomic E-state index is 0.525. The molecule has 0 spiro atoms. The molecule has 1 nitrogen and oxygen atoms in total. The predicted octanol–water partition coefficient (Wildman–Crippen LogP) is 5.66. The van der Waals surface area contributed by atoms with Gasteiger partial charge in [-0.15, -0.1) is 0 Å². The smallest absolute Gasteiger partial charge is 0.0612 e. The molecule has 1 aliphatic carbocycles. The monoisotopic (exact) mass is 305 g/mol. The first kappa shape index (κ1) is 13.8. The molecule has 2 aromatic carbocycles. The molecule has 0 aliphatic heterocycles. The van der Waals surface area contributed by atoms with E-state index in [1.54, 1.807) is 0 Å². The highest BCUT2D eigenvalue weighted by Crippen LogP contribution is 2.40. The third kappa shape index (κ3) is 2.79. The summed E-state index contributed by atoms with van der Waals surface area (Å²) in [5.41, 5.74) is 3.93. The maximum absolute atomic E-state index is 6.03. The van der Waals surface area contributed by atoms with Crippen LogP contribution >= 0.6 is 23.2 Å². The van der Waals surface area contributed by atoms with Gasteiger partial charge in [-0.3, -0.25) is 0 Å². The highest BCUT2D eigenvalue weighted by Gasteiger charge is 2.30. The summed E-state index contributed by atoms with van der Waals surface area (Å²) in [5, 5.41) is 4.73. The standard InChI is InChI=1S/C17H17Cl2N/c1-11-4-2-3-5-15(11)12-8-14(9-12)20-13-6-7-16(18)17(19)10-13/h2-7,10,12,14,20H,8-9H2,1H3. The van der Waals surface area contributed by atoms with Crippen molar-refractivity contribution in [2.45, 2.75) is 31.7 Å². The summed E-state index contributed by atoms with van der Waals surface area (Å²) in [6.45, 7) is 2.19. The van der Waals surface area contributed by atoms with Crippen LogP contribution in [0.5, 0.6) is 0 Å². The summed E-state index contributed by atoms with van der Waals surface area (Å²) in [5.74, 6) is 0.677. The van der Waals surface area contributed by atoms with Gasteiger partial charge in [0.2, 0.25) is 0 Å². The van der Waals surface area contributed by atoms with Gasteiger partial charge in [0.05, 0.1) is 10.0 Å². The maximum atomic E-state index is 6.03. The van der Waals surface area contributed by atoms with Crippen molar-refractivity contribution < 1.29 is 0 Å². The lowest BCUT2D eigenvalue weighted by atomic mass is 9.74. The van der Waals surface area contributed by atoms with E-state index in [9.17, 15) is 0 Å². The first-order chi connectivity index (χ1) is 9.63. The van der Waals surface area contributed by atoms with Crippen molar-refractivity contribution >= 4 is 28.9 Å². The average molecular weight is 306 g/mol. The summed E-state index contributed by atoms with van der Waals surface area (Å²) in [7, 11) is 0. The second-order valence-electron chi connectivity index (χ2n) is 5.50. The number of halogens is 2. The van der Waals surface area contributed by atoms with Crippen LogP contribution in [0.15, 0.2) is 42.5 Å². The lowest BCUT2D eigenvalue weighted by Crippen LogP contribution is -2.34. The van der Waals surface area contributed by atoms with Gasteiger partial charge in [0.15, 0.2) is 0 Å². The highest BCUT2D eigenvalue weighted by atomic mass is 35.5. The lowest BCUT2D eigenvalue weighted by molar-refractivity contribution is 0.373. The number of hydrogen-bond acceptors (Lipinski definition) is 1. The van der Waals surface area contributed by atoms with Crippen molar-refractivity contribution in [1.82, 2.24) is 0 Å². The molecule has 1 N–H and O–H groups in total. The van der Waals surface area contributed by atoms with Gasteiger partial charge < -0.3 is 5.32 Å². The van der Waals surface area contributed by atoms with E-state index in [0.717, 1.165) is 5.69 Å². The van der Waals surface area contributed by atoms with E-state index in [-0.39, 0.29) is 0 Å². The molecule has 2 aromatic rings. The van der Waals surface area contributed by atoms with Crippen LogP contribution in [0, 0.1) is 6.92 Å². The largest absolute Gasteiger partial charge is 0.382 e. The number of benzene rings is 2. The molecule has 0 heterocycles. The molecule has 0 unspecified atom stereocenters. The molecule has 0 radical (unpaired) electrons. The molecule has 0 saturated heterocycles. The number of anilines is 1. The molecule has 20 heavy (non-hydrogen) atoms. The lowest BCUT2D eigenvalue weighted by Gasteiger charge is -2.37. The van der Waals surface area contributed by atoms with Crippen LogP contribution in [0.3, 0.4) is 0 Å². The van der Waals surface area contributed by atoms with Crippen molar-refractivity contribution in [3.8, 4) is 0 Å². The molecule has 1 fully saturated rings. The predicted molar refractivity (Wildman–Crippen MR) is 87.0 cm³/mol. The Kier molecular flexibility index (Phi) is 3.91. The van der Waals surface area contributed by atoms with Crippen LogP contribution in [0.2, 0.25) is 10.0 Å². The van der Waals surface area contributed by atoms with Crippen molar-refractivity contribution in [3.63, 3.8) is 0 Å². The molecule has 3 heteroatoms. The van der Waals surface area contributed by atoms with Crippen molar-refractivity contribution in [2.24, 2.45) is 0 Å². The number of rotatable bonds is 3. The third-order valence-electron chi connectivity index (χ3n) is 4.06. The Morgan fingerprint density at radius 1 is 1.00 bits per heavy atom. The Balaban J connectivity index is 1.61. The van der Waals surface area contributed by atoms with Gasteiger partial charge in [-0.05, 0) is 55.0 Å². The zero-order valence-corrected chi connectivity index (χ0v) is 12.9. The van der Waals surface area contributed by atoms with Crippen LogP contribution in [0.4, 0.5) is 5.69 Å². The van der Waals surface area contributed by atoms with E-state index in [1.165, 1.54) is 24.0 Å². The van der Waals surface area contributed by atoms with Crippen molar-refractivity contribution in [1.29, 1.82) is 0 Å². The molecule has 0 atom stereocenters. The number of nitrogens with one attached hydrogen (secondary N) is 1. The van der Waals surface area contributed by atoms with E-state index in [1.807, 2.05) is 18.2 Å². The summed E-state index contributed by atoms with van der Waals surface area (Å²) >= 11 is 12.0. The molecular weight excluding hydrogens is 289 g/mol. The molecule has 3 rings (SSSR count). The molecular formula is C17H17Cl2N. The summed E-state index contributed by atoms with van der Waals surface area (Å²) in [6.07, 6.45) is 2.34. The Hall–Kier alpha value is -1.18. The Morgan fingerprint density at radius 2 is 1.75 bits per heavy atom. The normalized spacial score (nSPS) is 21.4. The highest BCUT2D eigenvalue weighted by molar-refractivity contribution is 6.42. The average Bonchev–Trinajstić information content (AvgIpc) is 2.39. The Morgan fingerprint density at radius 3 is 2.45 bits per heavy atom. The zero-order valence-electron chi connectivity index (χ0n) is 11.4. The van der Waals surface area contributed by atoms with Crippen LogP contribution in [-0.4, -0.2) is 6.04 Å². The maximum Gasteiger partial charge on any atom is 0.0612 e. The summed E-state index contributed by atoms with van der Waals surface area (Å²) in [4.78, 5) is 0. The van der Waals surface area contributed by atoms with Crippen LogP contribution < -0.4 is 5.32 Å². The Labute approximate surface area is 129 Å². The van der Waals surface area contributed by atoms with Crippen molar-refractivity contribution in [3.05, 3.63) is 63.6 Å². The first-order valence-corrected chi connectivity index (χ1v) is 7.66. The minimum Gasteiger partial charge on any atom is -0.382 e. The SMILES string of the molecule is Cc1ccccc1C1CC(Nc2ccc(Cl)c(Cl)c2)C1. The first-order valence-electron chi connectivity index (χ1n) is 6.90. The van der Waals surface area contributed by atoms with Crippen LogP contribution in [-0.2, 0) is 0 Å². The number of aryl methyl sites for hydroxylation is 1. The van der Waals surface area contributed by atoms with Gasteiger partial charge in [-0.2, -0.15) is 0 Å². The van der Waals surface area contributed by atoms with E-state index < -0.39 is 0 Å². The van der Waals surface area contributed by atoms with Crippen LogP contribution in [0.25, 0.3) is 0 Å². The fourth-order valence-corrected chi connectivity index (χ4v) is 3.15. The number of hydrogen-bond donors (Lipinski definition) is 1. The van der Waals surface area contributed by atoms with Crippen molar-refractivity contribution in [2.75, 3.05) is 5.32 Å². The quantitative estimate of drug-likeness (QED) is 0.771. The zero-order chi connectivity index (χ0) is 14.1. The minimum absolute atomic E-state index is 0.525. The third-order valence-corrected chi connectivity index (χ3v) is 4.80. The van der Waals surface area contributed by atoms with E-state index in [4.69, 9.17) is 23.2 Å². The summed E-state index contributed by atoms with van der Waals surface area (Å²) in [6, 6.07) is 14.9. The molecule has 1 saturated carbocycles. The van der Waals surface area contributed by atoms with E-state index >= 15 is 0 Å². The molecule has 0 bridgehead atoms. The molecule has 0 amide bonds. The molecule has 0 aromatic heterocycles. The van der Waals surface area contributed by atoms with Gasteiger partial charge >= 0.3 is 0 Å². The van der Waals surface area contributed by atoms with Gasteiger partial charge in [0, 0.05) is 11.7 Å². The summed E-state index contributed by atoms with van der Waals surface area (Å²) < 4.78 is 0. The van der Waals surface area contributed by atoms with Crippen LogP contribution in [0.1, 0.15) is 29.9 Å². The van der Waals surface area contributed by atoms with E-state index in [0.29, 0.717) is 22.0 Å². The topological polar surface area (TPSA) is 12.0 Å². The van der Waals surface area contributed by atoms with Gasteiger partial charge in [0.25, 0.3) is 0 Å². The fraction of sp³-hybridized carbons (Fsp3) is 0.294. The molecule has 1 aliphatic rings.